The molecule has 0 saturated heterocycles. The van der Waals surface area contributed by atoms with E-state index < -0.39 is 0 Å². The molecule has 2 aromatic carbocycles. The molecular formula is C23H19N7S3. The summed E-state index contributed by atoms with van der Waals surface area (Å²) in [5.74, 6) is 0. The molecule has 7 nitrogen and oxygen atoms in total. The Bertz CT molecular complexity index is 1420. The van der Waals surface area contributed by atoms with E-state index in [1.54, 1.807) is 24.4 Å². The molecule has 0 bridgehead atoms. The molecule has 10 heteroatoms. The quantitative estimate of drug-likeness (QED) is 0.203. The van der Waals surface area contributed by atoms with Crippen molar-refractivity contribution in [2.75, 3.05) is 10.6 Å². The lowest BCUT2D eigenvalue weighted by Crippen LogP contribution is -2.18. The van der Waals surface area contributed by atoms with Gasteiger partial charge in [0.15, 0.2) is 15.9 Å². The monoisotopic (exact) mass is 489 g/mol. The minimum Gasteiger partial charge on any atom is -0.341 e. The second-order valence-corrected chi connectivity index (χ2v) is 9.63. The Kier molecular flexibility index (Phi) is 6.03. The number of fused-ring (bicyclic) bond motifs is 1. The van der Waals surface area contributed by atoms with Gasteiger partial charge >= 0.3 is 0 Å². The van der Waals surface area contributed by atoms with Crippen molar-refractivity contribution >= 4 is 62.4 Å². The van der Waals surface area contributed by atoms with E-state index >= 15 is 0 Å². The number of aromatic nitrogens is 5. The maximum absolute atomic E-state index is 5.43. The van der Waals surface area contributed by atoms with E-state index in [4.69, 9.17) is 17.2 Å². The van der Waals surface area contributed by atoms with Crippen molar-refractivity contribution < 1.29 is 0 Å². The first-order chi connectivity index (χ1) is 16.1. The van der Waals surface area contributed by atoms with Crippen LogP contribution in [0.4, 0.5) is 10.8 Å². The standard InChI is InChI=1S/C23H19N7S3/c1-13-8-16(33-21-19-20(25-11-24-19)26-12-27-21)9-14(2)18(13)17-10-32-23(29-17)30-22(31)28-15-6-4-3-5-7-15/h3-12H,1-2H3,(H,24,25,26,27)(H2,28,29,30,31). The fourth-order valence-electron chi connectivity index (χ4n) is 3.55. The summed E-state index contributed by atoms with van der Waals surface area (Å²) in [4.78, 5) is 21.8. The van der Waals surface area contributed by atoms with Crippen LogP contribution >= 0.6 is 35.3 Å². The van der Waals surface area contributed by atoms with Gasteiger partial charge < -0.3 is 15.6 Å². The van der Waals surface area contributed by atoms with Crippen LogP contribution in [0, 0.1) is 13.8 Å². The Morgan fingerprint density at radius 1 is 1.03 bits per heavy atom. The number of hydrogen-bond donors (Lipinski definition) is 3. The first kappa shape index (κ1) is 21.5. The number of H-pyrrole nitrogens is 1. The summed E-state index contributed by atoms with van der Waals surface area (Å²) >= 11 is 8.54. The number of hydrogen-bond acceptors (Lipinski definition) is 7. The molecule has 0 unspecified atom stereocenters. The van der Waals surface area contributed by atoms with E-state index in [1.165, 1.54) is 11.3 Å². The van der Waals surface area contributed by atoms with Crippen molar-refractivity contribution in [2.24, 2.45) is 0 Å². The number of thiazole rings is 1. The lowest BCUT2D eigenvalue weighted by molar-refractivity contribution is 1.08. The number of rotatable bonds is 5. The molecule has 0 radical (unpaired) electrons. The van der Waals surface area contributed by atoms with E-state index in [0.717, 1.165) is 48.6 Å². The van der Waals surface area contributed by atoms with Crippen LogP contribution in [0.3, 0.4) is 0 Å². The average molecular weight is 490 g/mol. The second-order valence-electron chi connectivity index (χ2n) is 7.30. The molecule has 164 valence electrons. The summed E-state index contributed by atoms with van der Waals surface area (Å²) in [6, 6.07) is 14.1. The van der Waals surface area contributed by atoms with Crippen LogP contribution in [0.2, 0.25) is 0 Å². The highest BCUT2D eigenvalue weighted by Crippen LogP contribution is 2.36. The minimum absolute atomic E-state index is 0.511. The van der Waals surface area contributed by atoms with Gasteiger partial charge in [0, 0.05) is 21.5 Å². The number of benzene rings is 2. The highest BCUT2D eigenvalue weighted by molar-refractivity contribution is 7.99. The highest BCUT2D eigenvalue weighted by atomic mass is 32.2. The van der Waals surface area contributed by atoms with Gasteiger partial charge in [0.25, 0.3) is 0 Å². The highest BCUT2D eigenvalue weighted by Gasteiger charge is 2.14. The Hall–Kier alpha value is -3.34. The zero-order valence-corrected chi connectivity index (χ0v) is 20.2. The predicted octanol–water partition coefficient (Wildman–Crippen LogP) is 6.05. The number of nitrogens with zero attached hydrogens (tertiary/aromatic N) is 4. The zero-order chi connectivity index (χ0) is 22.8. The van der Waals surface area contributed by atoms with Crippen molar-refractivity contribution in [3.8, 4) is 11.3 Å². The van der Waals surface area contributed by atoms with Crippen LogP contribution in [0.25, 0.3) is 22.4 Å². The van der Waals surface area contributed by atoms with Crippen LogP contribution in [-0.4, -0.2) is 30.0 Å². The summed E-state index contributed by atoms with van der Waals surface area (Å²) in [5, 5.41) is 10.5. The normalized spacial score (nSPS) is 11.0. The van der Waals surface area contributed by atoms with E-state index in [0.29, 0.717) is 10.8 Å². The third-order valence-corrected chi connectivity index (χ3v) is 6.86. The Morgan fingerprint density at radius 2 is 1.82 bits per heavy atom. The average Bonchev–Trinajstić information content (AvgIpc) is 3.44. The lowest BCUT2D eigenvalue weighted by Gasteiger charge is -2.11. The first-order valence-corrected chi connectivity index (χ1v) is 12.2. The molecule has 3 heterocycles. The molecular weight excluding hydrogens is 471 g/mol. The molecule has 0 spiro atoms. The number of imidazole rings is 1. The van der Waals surface area contributed by atoms with Crippen LogP contribution < -0.4 is 10.6 Å². The smallest absolute Gasteiger partial charge is 0.189 e. The Morgan fingerprint density at radius 3 is 2.61 bits per heavy atom. The first-order valence-electron chi connectivity index (χ1n) is 10.1. The molecule has 3 N–H and O–H groups in total. The van der Waals surface area contributed by atoms with Crippen LogP contribution in [0.5, 0.6) is 0 Å². The van der Waals surface area contributed by atoms with Gasteiger partial charge in [-0.15, -0.1) is 11.3 Å². The largest absolute Gasteiger partial charge is 0.341 e. The molecule has 0 amide bonds. The molecule has 5 rings (SSSR count). The molecule has 33 heavy (non-hydrogen) atoms. The maximum atomic E-state index is 5.43. The Balaban J connectivity index is 1.34. The maximum Gasteiger partial charge on any atom is 0.189 e. The predicted molar refractivity (Wildman–Crippen MR) is 139 cm³/mol. The topological polar surface area (TPSA) is 91.4 Å². The number of thiocarbonyl (C=S) groups is 1. The van der Waals surface area contributed by atoms with Crippen molar-refractivity contribution in [2.45, 2.75) is 23.8 Å². The van der Waals surface area contributed by atoms with Gasteiger partial charge in [-0.25, -0.2) is 19.9 Å². The summed E-state index contributed by atoms with van der Waals surface area (Å²) < 4.78 is 0. The molecule has 0 atom stereocenters. The fourth-order valence-corrected chi connectivity index (χ4v) is 5.58. The van der Waals surface area contributed by atoms with Crippen molar-refractivity contribution in [1.82, 2.24) is 24.9 Å². The van der Waals surface area contributed by atoms with Crippen molar-refractivity contribution in [1.29, 1.82) is 0 Å². The van der Waals surface area contributed by atoms with Gasteiger partial charge in [0.05, 0.1) is 12.0 Å². The van der Waals surface area contributed by atoms with Crippen molar-refractivity contribution in [3.05, 3.63) is 71.6 Å². The summed E-state index contributed by atoms with van der Waals surface area (Å²) in [5.41, 5.74) is 6.79. The van der Waals surface area contributed by atoms with Gasteiger partial charge in [-0.2, -0.15) is 0 Å². The van der Waals surface area contributed by atoms with Gasteiger partial charge in [0.1, 0.15) is 16.9 Å². The Labute approximate surface area is 204 Å². The van der Waals surface area contributed by atoms with E-state index in [9.17, 15) is 0 Å². The molecule has 5 aromatic rings. The summed E-state index contributed by atoms with van der Waals surface area (Å²) in [6.07, 6.45) is 3.18. The third kappa shape index (κ3) is 4.72. The van der Waals surface area contributed by atoms with E-state index in [1.807, 2.05) is 35.7 Å². The lowest BCUT2D eigenvalue weighted by atomic mass is 10.0. The molecule has 3 aromatic heterocycles. The SMILES string of the molecule is Cc1cc(Sc2ncnc3nc[nH]c23)cc(C)c1-c1csc(NC(=S)Nc2ccccc2)n1. The molecule has 0 aliphatic carbocycles. The minimum atomic E-state index is 0.511. The number of anilines is 2. The number of nitrogens with one attached hydrogen (secondary N) is 3. The van der Waals surface area contributed by atoms with Crippen LogP contribution in [0.1, 0.15) is 11.1 Å². The second kappa shape index (κ2) is 9.26. The van der Waals surface area contributed by atoms with E-state index in [2.05, 4.69) is 56.5 Å². The van der Waals surface area contributed by atoms with Crippen LogP contribution in [0.15, 0.2) is 70.4 Å². The van der Waals surface area contributed by atoms with Gasteiger partial charge in [-0.3, -0.25) is 0 Å². The molecule has 0 aliphatic heterocycles. The number of aryl methyl sites for hydroxylation is 2. The summed E-state index contributed by atoms with van der Waals surface area (Å²) in [6.45, 7) is 4.21. The van der Waals surface area contributed by atoms with Crippen molar-refractivity contribution in [3.63, 3.8) is 0 Å². The van der Waals surface area contributed by atoms with Gasteiger partial charge in [0.2, 0.25) is 0 Å². The summed E-state index contributed by atoms with van der Waals surface area (Å²) in [7, 11) is 0. The third-order valence-electron chi connectivity index (χ3n) is 4.92. The molecule has 0 fully saturated rings. The van der Waals surface area contributed by atoms with Gasteiger partial charge in [-0.05, 0) is 61.5 Å². The number of para-hydroxylation sites is 1. The molecule has 0 saturated carbocycles. The van der Waals surface area contributed by atoms with Gasteiger partial charge in [-0.1, -0.05) is 30.0 Å². The zero-order valence-electron chi connectivity index (χ0n) is 17.8. The number of aromatic amines is 1. The fraction of sp³-hybridized carbons (Fsp3) is 0.0870. The van der Waals surface area contributed by atoms with E-state index in [-0.39, 0.29) is 0 Å². The van der Waals surface area contributed by atoms with Crippen LogP contribution in [-0.2, 0) is 0 Å². The molecule has 0 aliphatic rings.